The molecule has 2 aliphatic rings. The van der Waals surface area contributed by atoms with Crippen LogP contribution >= 0.6 is 0 Å². The molecule has 0 aliphatic carbocycles. The summed E-state index contributed by atoms with van der Waals surface area (Å²) >= 11 is 0. The van der Waals surface area contributed by atoms with Gasteiger partial charge in [0.1, 0.15) is 23.0 Å². The van der Waals surface area contributed by atoms with Gasteiger partial charge in [0.15, 0.2) is 5.78 Å². The summed E-state index contributed by atoms with van der Waals surface area (Å²) in [5.41, 5.74) is 5.82. The van der Waals surface area contributed by atoms with E-state index in [-0.39, 0.29) is 5.78 Å². The van der Waals surface area contributed by atoms with Gasteiger partial charge in [-0.15, -0.1) is 0 Å². The zero-order chi connectivity index (χ0) is 22.5. The van der Waals surface area contributed by atoms with Gasteiger partial charge in [-0.1, -0.05) is 35.9 Å². The first-order valence-corrected chi connectivity index (χ1v) is 11.3. The lowest BCUT2D eigenvalue weighted by Gasteiger charge is -2.44. The van der Waals surface area contributed by atoms with Crippen LogP contribution in [-0.2, 0) is 0 Å². The van der Waals surface area contributed by atoms with E-state index in [0.717, 1.165) is 71.3 Å². The predicted molar refractivity (Wildman–Crippen MR) is 127 cm³/mol. The van der Waals surface area contributed by atoms with Crippen LogP contribution in [0.1, 0.15) is 52.1 Å². The average Bonchev–Trinajstić information content (AvgIpc) is 2.77. The van der Waals surface area contributed by atoms with Crippen molar-refractivity contribution in [2.24, 2.45) is 0 Å². The number of ether oxygens (including phenoxy) is 1. The van der Waals surface area contributed by atoms with Crippen LogP contribution in [0.3, 0.4) is 0 Å². The fourth-order valence-electron chi connectivity index (χ4n) is 4.79. The summed E-state index contributed by atoms with van der Waals surface area (Å²) in [4.78, 5) is 24.6. The van der Waals surface area contributed by atoms with Gasteiger partial charge in [0.05, 0.1) is 17.7 Å². The zero-order valence-corrected chi connectivity index (χ0v) is 19.2. The fourth-order valence-corrected chi connectivity index (χ4v) is 4.79. The first-order valence-electron chi connectivity index (χ1n) is 11.3. The summed E-state index contributed by atoms with van der Waals surface area (Å²) in [6.07, 6.45) is 2.05. The third-order valence-corrected chi connectivity index (χ3v) is 6.95. The molecule has 32 heavy (non-hydrogen) atoms. The Balaban J connectivity index is 1.38. The molecule has 5 nitrogen and oxygen atoms in total. The molecule has 3 heterocycles. The Bertz CT molecular complexity index is 1190. The van der Waals surface area contributed by atoms with E-state index in [0.29, 0.717) is 6.42 Å². The van der Waals surface area contributed by atoms with Crippen molar-refractivity contribution in [3.05, 3.63) is 70.5 Å². The van der Waals surface area contributed by atoms with Crippen LogP contribution in [0.25, 0.3) is 11.3 Å². The van der Waals surface area contributed by atoms with Crippen LogP contribution in [0.5, 0.6) is 5.75 Å². The molecule has 2 aliphatic heterocycles. The summed E-state index contributed by atoms with van der Waals surface area (Å²) in [5.74, 6) is 2.69. The van der Waals surface area contributed by atoms with Gasteiger partial charge in [0.25, 0.3) is 0 Å². The lowest BCUT2D eigenvalue weighted by Crippen LogP contribution is -2.51. The van der Waals surface area contributed by atoms with Gasteiger partial charge in [-0.05, 0) is 44.9 Å². The van der Waals surface area contributed by atoms with E-state index in [9.17, 15) is 4.79 Å². The van der Waals surface area contributed by atoms with E-state index in [4.69, 9.17) is 9.72 Å². The molecule has 0 radical (unpaired) electrons. The molecule has 0 amide bonds. The van der Waals surface area contributed by atoms with Crippen molar-refractivity contribution in [2.75, 3.05) is 18.0 Å². The van der Waals surface area contributed by atoms with Crippen molar-refractivity contribution in [1.82, 2.24) is 9.97 Å². The Hall–Kier alpha value is -3.21. The molecule has 0 saturated carbocycles. The molecule has 1 spiro atoms. The first-order chi connectivity index (χ1) is 15.3. The highest BCUT2D eigenvalue weighted by Crippen LogP contribution is 2.42. The van der Waals surface area contributed by atoms with E-state index in [1.807, 2.05) is 26.0 Å². The Morgan fingerprint density at radius 2 is 1.66 bits per heavy atom. The Morgan fingerprint density at radius 3 is 2.38 bits per heavy atom. The topological polar surface area (TPSA) is 55.3 Å². The van der Waals surface area contributed by atoms with Crippen molar-refractivity contribution in [3.8, 4) is 17.0 Å². The maximum Gasteiger partial charge on any atom is 0.170 e. The number of fused-ring (bicyclic) bond motifs is 1. The molecule has 3 aromatic rings. The molecule has 1 aromatic heterocycles. The minimum absolute atomic E-state index is 0.197. The largest absolute Gasteiger partial charge is 0.486 e. The number of anilines is 1. The van der Waals surface area contributed by atoms with Crippen molar-refractivity contribution >= 4 is 11.6 Å². The van der Waals surface area contributed by atoms with Crippen molar-refractivity contribution in [2.45, 2.75) is 52.6 Å². The highest BCUT2D eigenvalue weighted by atomic mass is 16.5. The van der Waals surface area contributed by atoms with Crippen LogP contribution in [0, 0.1) is 27.7 Å². The van der Waals surface area contributed by atoms with E-state index in [1.165, 1.54) is 5.56 Å². The van der Waals surface area contributed by atoms with Crippen LogP contribution in [0.4, 0.5) is 5.82 Å². The number of carbonyl (C=O) groups is 1. The highest BCUT2D eigenvalue weighted by molar-refractivity contribution is 6.01. The van der Waals surface area contributed by atoms with E-state index in [1.54, 1.807) is 0 Å². The van der Waals surface area contributed by atoms with Gasteiger partial charge in [0, 0.05) is 37.6 Å². The predicted octanol–water partition coefficient (Wildman–Crippen LogP) is 5.38. The highest BCUT2D eigenvalue weighted by Gasteiger charge is 2.43. The van der Waals surface area contributed by atoms with Gasteiger partial charge in [-0.25, -0.2) is 9.97 Å². The number of aromatic nitrogens is 2. The van der Waals surface area contributed by atoms with E-state index < -0.39 is 5.60 Å². The van der Waals surface area contributed by atoms with Gasteiger partial charge in [-0.2, -0.15) is 0 Å². The number of nitrogens with zero attached hydrogens (tertiary/aromatic N) is 3. The van der Waals surface area contributed by atoms with Crippen LogP contribution < -0.4 is 9.64 Å². The maximum atomic E-state index is 12.9. The summed E-state index contributed by atoms with van der Waals surface area (Å²) in [5, 5.41) is 0. The number of ketones is 1. The third kappa shape index (κ3) is 3.66. The minimum atomic E-state index is -0.416. The second-order valence-electron chi connectivity index (χ2n) is 9.28. The number of rotatable bonds is 2. The molecule has 0 N–H and O–H groups in total. The SMILES string of the molecule is Cc1ccc(-c2cc(N3CCC4(CC3)CC(=O)c3ccc(C)c(C)c3O4)nc(C)n2)cc1. The number of aryl methyl sites for hydroxylation is 3. The standard InChI is InChI=1S/C27H29N3O2/c1-17-5-8-21(9-6-17)23-15-25(29-20(4)28-23)30-13-11-27(12-14-30)16-24(31)22-10-7-18(2)19(3)26(22)32-27/h5-10,15H,11-14,16H2,1-4H3. The monoisotopic (exact) mass is 427 g/mol. The number of benzene rings is 2. The van der Waals surface area contributed by atoms with E-state index >= 15 is 0 Å². The Kier molecular flexibility index (Phi) is 5.00. The molecule has 0 unspecified atom stereocenters. The third-order valence-electron chi connectivity index (χ3n) is 6.95. The second kappa shape index (κ2) is 7.73. The van der Waals surface area contributed by atoms with Crippen LogP contribution in [-0.4, -0.2) is 34.4 Å². The molecular weight excluding hydrogens is 398 g/mol. The average molecular weight is 428 g/mol. The van der Waals surface area contributed by atoms with E-state index in [2.05, 4.69) is 54.1 Å². The van der Waals surface area contributed by atoms with Gasteiger partial charge >= 0.3 is 0 Å². The number of carbonyl (C=O) groups excluding carboxylic acids is 1. The number of piperidine rings is 1. The lowest BCUT2D eigenvalue weighted by molar-refractivity contribution is 0.0225. The van der Waals surface area contributed by atoms with Crippen molar-refractivity contribution in [3.63, 3.8) is 0 Å². The normalized spacial score (nSPS) is 17.2. The second-order valence-corrected chi connectivity index (χ2v) is 9.28. The van der Waals surface area contributed by atoms with Crippen LogP contribution in [0.15, 0.2) is 42.5 Å². The molecule has 2 aromatic carbocycles. The molecule has 5 heteroatoms. The number of Topliss-reactive ketones (excluding diaryl/α,β-unsaturated/α-hetero) is 1. The Morgan fingerprint density at radius 1 is 0.938 bits per heavy atom. The first kappa shape index (κ1) is 20.7. The van der Waals surface area contributed by atoms with Gasteiger partial charge in [-0.3, -0.25) is 4.79 Å². The molecule has 164 valence electrons. The molecular formula is C27H29N3O2. The minimum Gasteiger partial charge on any atom is -0.486 e. The number of hydrogen-bond donors (Lipinski definition) is 0. The Labute approximate surface area is 189 Å². The summed E-state index contributed by atoms with van der Waals surface area (Å²) < 4.78 is 6.57. The zero-order valence-electron chi connectivity index (χ0n) is 19.2. The lowest BCUT2D eigenvalue weighted by atomic mass is 9.81. The molecule has 1 saturated heterocycles. The van der Waals surface area contributed by atoms with Crippen LogP contribution in [0.2, 0.25) is 0 Å². The molecule has 1 fully saturated rings. The molecule has 0 atom stereocenters. The van der Waals surface area contributed by atoms with Crippen molar-refractivity contribution in [1.29, 1.82) is 0 Å². The smallest absolute Gasteiger partial charge is 0.170 e. The molecule has 5 rings (SSSR count). The summed E-state index contributed by atoms with van der Waals surface area (Å²) in [6.45, 7) is 9.75. The fraction of sp³-hybridized carbons (Fsp3) is 0.370. The quantitative estimate of drug-likeness (QED) is 0.549. The van der Waals surface area contributed by atoms with Crippen molar-refractivity contribution < 1.29 is 9.53 Å². The molecule has 0 bridgehead atoms. The summed E-state index contributed by atoms with van der Waals surface area (Å²) in [7, 11) is 0. The van der Waals surface area contributed by atoms with Gasteiger partial charge < -0.3 is 9.64 Å². The number of hydrogen-bond acceptors (Lipinski definition) is 5. The maximum absolute atomic E-state index is 12.9. The van der Waals surface area contributed by atoms with Gasteiger partial charge in [0.2, 0.25) is 0 Å². The summed E-state index contributed by atoms with van der Waals surface area (Å²) in [6, 6.07) is 14.4.